The highest BCUT2D eigenvalue weighted by Crippen LogP contribution is 2.24. The molecule has 1 unspecified atom stereocenters. The molecule has 1 saturated heterocycles. The van der Waals surface area contributed by atoms with Gasteiger partial charge in [0.25, 0.3) is 11.6 Å². The summed E-state index contributed by atoms with van der Waals surface area (Å²) in [4.78, 5) is 38.2. The molecule has 1 aliphatic rings. The highest BCUT2D eigenvalue weighted by molar-refractivity contribution is 6.01. The van der Waals surface area contributed by atoms with E-state index in [2.05, 4.69) is 15.6 Å². The monoisotopic (exact) mass is 450 g/mol. The summed E-state index contributed by atoms with van der Waals surface area (Å²) in [6.45, 7) is 2.08. The van der Waals surface area contributed by atoms with Crippen LogP contribution in [0.2, 0.25) is 0 Å². The van der Waals surface area contributed by atoms with Crippen LogP contribution in [-0.4, -0.2) is 56.3 Å². The summed E-state index contributed by atoms with van der Waals surface area (Å²) in [6.07, 6.45) is 1.22. The van der Waals surface area contributed by atoms with Crippen LogP contribution in [0.1, 0.15) is 29.0 Å². The molecule has 1 N–H and O–H groups in total. The van der Waals surface area contributed by atoms with E-state index in [9.17, 15) is 19.7 Å². The van der Waals surface area contributed by atoms with Gasteiger partial charge in [0.2, 0.25) is 5.91 Å². The normalized spacial score (nSPS) is 15.3. The molecule has 0 radical (unpaired) electrons. The number of hydrogen-bond donors (Lipinski definition) is 1. The summed E-state index contributed by atoms with van der Waals surface area (Å²) >= 11 is 0. The van der Waals surface area contributed by atoms with Crippen molar-refractivity contribution < 1.29 is 19.2 Å². The molecule has 4 rings (SSSR count). The van der Waals surface area contributed by atoms with Gasteiger partial charge >= 0.3 is 0 Å². The number of anilines is 1. The van der Waals surface area contributed by atoms with E-state index < -0.39 is 16.9 Å². The number of hydrogen-bond acceptors (Lipinski definition) is 7. The molecule has 2 amide bonds. The Hall–Kier alpha value is -4.28. The minimum Gasteiger partial charge on any atom is -0.497 e. The number of likely N-dealkylation sites (tertiary alicyclic amines) is 1. The second kappa shape index (κ2) is 9.07. The number of aromatic nitrogens is 3. The first kappa shape index (κ1) is 21.9. The van der Waals surface area contributed by atoms with Gasteiger partial charge in [-0.3, -0.25) is 19.7 Å². The minimum atomic E-state index is -0.637. The van der Waals surface area contributed by atoms with E-state index in [0.717, 1.165) is 0 Å². The van der Waals surface area contributed by atoms with Crippen molar-refractivity contribution in [2.75, 3.05) is 19.0 Å². The Bertz CT molecular complexity index is 1210. The average Bonchev–Trinajstić information content (AvgIpc) is 3.46. The fourth-order valence-corrected chi connectivity index (χ4v) is 3.83. The Kier molecular flexibility index (Phi) is 6.03. The number of nitro groups is 1. The zero-order chi connectivity index (χ0) is 23.5. The van der Waals surface area contributed by atoms with E-state index in [1.807, 2.05) is 0 Å². The van der Waals surface area contributed by atoms with Crippen molar-refractivity contribution in [3.63, 3.8) is 0 Å². The molecule has 1 atom stereocenters. The van der Waals surface area contributed by atoms with Gasteiger partial charge in [-0.25, -0.2) is 4.68 Å². The van der Waals surface area contributed by atoms with Gasteiger partial charge in [0, 0.05) is 24.4 Å². The van der Waals surface area contributed by atoms with Gasteiger partial charge < -0.3 is 15.0 Å². The second-order valence-corrected chi connectivity index (χ2v) is 7.59. The fourth-order valence-electron chi connectivity index (χ4n) is 3.83. The standard InChI is InChI=1S/C22H22N6O5/c1-14-20(24-25-27(14)16-5-3-6-17(13-16)28(31)32)22(30)26-12-4-7-19(26)21(29)23-15-8-10-18(33-2)11-9-15/h3,5-6,8-11,13,19H,4,7,12H2,1-2H3,(H,23,29). The summed E-state index contributed by atoms with van der Waals surface area (Å²) in [7, 11) is 1.56. The molecule has 3 aromatic rings. The van der Waals surface area contributed by atoms with Crippen LogP contribution in [0.3, 0.4) is 0 Å². The predicted octanol–water partition coefficient (Wildman–Crippen LogP) is 2.74. The minimum absolute atomic E-state index is 0.0925. The zero-order valence-electron chi connectivity index (χ0n) is 18.1. The molecule has 33 heavy (non-hydrogen) atoms. The van der Waals surface area contributed by atoms with Crippen LogP contribution in [0.25, 0.3) is 5.69 Å². The van der Waals surface area contributed by atoms with E-state index >= 15 is 0 Å². The molecule has 170 valence electrons. The Balaban J connectivity index is 1.53. The highest BCUT2D eigenvalue weighted by Gasteiger charge is 2.36. The summed E-state index contributed by atoms with van der Waals surface area (Å²) < 4.78 is 6.50. The lowest BCUT2D eigenvalue weighted by atomic mass is 10.2. The number of benzene rings is 2. The number of amides is 2. The number of nitro benzene ring substituents is 1. The molecule has 1 aromatic heterocycles. The third-order valence-electron chi connectivity index (χ3n) is 5.56. The molecule has 1 fully saturated rings. The summed E-state index contributed by atoms with van der Waals surface area (Å²) in [6, 6.07) is 12.2. The molecular formula is C22H22N6O5. The lowest BCUT2D eigenvalue weighted by Crippen LogP contribution is -2.43. The molecule has 0 aliphatic carbocycles. The van der Waals surface area contributed by atoms with E-state index in [1.165, 1.54) is 27.8 Å². The molecule has 1 aliphatic heterocycles. The van der Waals surface area contributed by atoms with Crippen molar-refractivity contribution in [1.82, 2.24) is 19.9 Å². The number of nitrogens with zero attached hydrogens (tertiary/aromatic N) is 5. The van der Waals surface area contributed by atoms with Crippen molar-refractivity contribution in [1.29, 1.82) is 0 Å². The molecule has 11 heteroatoms. The van der Waals surface area contributed by atoms with Gasteiger partial charge in [0.05, 0.1) is 23.4 Å². The van der Waals surface area contributed by atoms with Crippen molar-refractivity contribution in [2.45, 2.75) is 25.8 Å². The third kappa shape index (κ3) is 4.38. The van der Waals surface area contributed by atoms with Gasteiger partial charge in [-0.05, 0) is 50.1 Å². The SMILES string of the molecule is COc1ccc(NC(=O)C2CCCN2C(=O)c2nnn(-c3cccc([N+](=O)[O-])c3)c2C)cc1. The van der Waals surface area contributed by atoms with Crippen molar-refractivity contribution in [2.24, 2.45) is 0 Å². The maximum atomic E-state index is 13.2. The quantitative estimate of drug-likeness (QED) is 0.451. The largest absolute Gasteiger partial charge is 0.497 e. The third-order valence-corrected chi connectivity index (χ3v) is 5.56. The van der Waals surface area contributed by atoms with Gasteiger partial charge in [-0.15, -0.1) is 5.10 Å². The molecule has 2 heterocycles. The number of rotatable bonds is 6. The van der Waals surface area contributed by atoms with Crippen LogP contribution < -0.4 is 10.1 Å². The molecule has 0 saturated carbocycles. The maximum Gasteiger partial charge on any atom is 0.277 e. The van der Waals surface area contributed by atoms with Gasteiger partial charge in [-0.1, -0.05) is 11.3 Å². The molecule has 0 spiro atoms. The Morgan fingerprint density at radius 1 is 1.21 bits per heavy atom. The van der Waals surface area contributed by atoms with Crippen LogP contribution in [0, 0.1) is 17.0 Å². The lowest BCUT2D eigenvalue weighted by molar-refractivity contribution is -0.384. The van der Waals surface area contributed by atoms with Gasteiger partial charge in [0.15, 0.2) is 5.69 Å². The van der Waals surface area contributed by atoms with Crippen molar-refractivity contribution in [3.05, 3.63) is 70.0 Å². The smallest absolute Gasteiger partial charge is 0.277 e. The molecule has 11 nitrogen and oxygen atoms in total. The van der Waals surface area contributed by atoms with Crippen LogP contribution in [0.4, 0.5) is 11.4 Å². The zero-order valence-corrected chi connectivity index (χ0v) is 18.1. The number of carbonyl (C=O) groups is 2. The van der Waals surface area contributed by atoms with Gasteiger partial charge in [0.1, 0.15) is 11.8 Å². The van der Waals surface area contributed by atoms with E-state index in [0.29, 0.717) is 42.2 Å². The number of ether oxygens (including phenoxy) is 1. The van der Waals surface area contributed by atoms with Crippen LogP contribution in [0.5, 0.6) is 5.75 Å². The van der Waals surface area contributed by atoms with Crippen LogP contribution in [-0.2, 0) is 4.79 Å². The average molecular weight is 450 g/mol. The van der Waals surface area contributed by atoms with E-state index in [1.54, 1.807) is 44.4 Å². The van der Waals surface area contributed by atoms with Gasteiger partial charge in [-0.2, -0.15) is 0 Å². The van der Waals surface area contributed by atoms with Crippen molar-refractivity contribution in [3.8, 4) is 11.4 Å². The molecule has 0 bridgehead atoms. The van der Waals surface area contributed by atoms with Crippen molar-refractivity contribution >= 4 is 23.2 Å². The Morgan fingerprint density at radius 2 is 1.97 bits per heavy atom. The number of methoxy groups -OCH3 is 1. The highest BCUT2D eigenvalue weighted by atomic mass is 16.6. The summed E-state index contributed by atoms with van der Waals surface area (Å²) in [5.74, 6) is -0.0145. The number of nitrogens with one attached hydrogen (secondary N) is 1. The first-order valence-corrected chi connectivity index (χ1v) is 10.3. The van der Waals surface area contributed by atoms with Crippen LogP contribution in [0.15, 0.2) is 48.5 Å². The fraction of sp³-hybridized carbons (Fsp3) is 0.273. The Labute approximate surface area is 189 Å². The molecular weight excluding hydrogens is 428 g/mol. The second-order valence-electron chi connectivity index (χ2n) is 7.59. The van der Waals surface area contributed by atoms with E-state index in [4.69, 9.17) is 4.74 Å². The lowest BCUT2D eigenvalue weighted by Gasteiger charge is -2.23. The topological polar surface area (TPSA) is 132 Å². The van der Waals surface area contributed by atoms with Crippen LogP contribution >= 0.6 is 0 Å². The predicted molar refractivity (Wildman–Crippen MR) is 118 cm³/mol. The number of non-ortho nitro benzene ring substituents is 1. The summed E-state index contributed by atoms with van der Waals surface area (Å²) in [5, 5.41) is 21.9. The molecule has 2 aromatic carbocycles. The Morgan fingerprint density at radius 3 is 2.67 bits per heavy atom. The first-order chi connectivity index (χ1) is 15.9. The summed E-state index contributed by atoms with van der Waals surface area (Å²) in [5.41, 5.74) is 1.47. The van der Waals surface area contributed by atoms with E-state index in [-0.39, 0.29) is 17.3 Å². The number of carbonyl (C=O) groups excluding carboxylic acids is 2. The first-order valence-electron chi connectivity index (χ1n) is 10.3. The maximum absolute atomic E-state index is 13.2.